The molecule has 0 fully saturated rings. The van der Waals surface area contributed by atoms with Gasteiger partial charge in [-0.25, -0.2) is 9.37 Å². The quantitative estimate of drug-likeness (QED) is 0.790. The van der Waals surface area contributed by atoms with Gasteiger partial charge < -0.3 is 9.47 Å². The third kappa shape index (κ3) is 2.62. The Morgan fingerprint density at radius 2 is 2.12 bits per heavy atom. The average Bonchev–Trinajstić information content (AvgIpc) is 2.29. The monoisotopic (exact) mass is 254 g/mol. The summed E-state index contributed by atoms with van der Waals surface area (Å²) in [7, 11) is 1.42. The molecule has 0 atom stereocenters. The predicted octanol–water partition coefficient (Wildman–Crippen LogP) is 3.07. The maximum atomic E-state index is 13.0. The summed E-state index contributed by atoms with van der Waals surface area (Å²) in [5.41, 5.74) is 0. The zero-order chi connectivity index (χ0) is 12.3. The van der Waals surface area contributed by atoms with E-state index in [1.807, 2.05) is 0 Å². The minimum Gasteiger partial charge on any atom is -0.489 e. The first-order valence-corrected chi connectivity index (χ1v) is 5.06. The van der Waals surface area contributed by atoms with Gasteiger partial charge in [-0.1, -0.05) is 17.7 Å². The lowest BCUT2D eigenvalue weighted by atomic mass is 10.3. The Morgan fingerprint density at radius 3 is 2.82 bits per heavy atom. The standard InChI is InChI=1S/C11H8ClFN2O2/c1-16-9-10(12)14-6-15-11(9)17-8-4-2-3-7(13)5-8/h2-6H,1H3. The van der Waals surface area contributed by atoms with Gasteiger partial charge in [0.15, 0.2) is 5.15 Å². The van der Waals surface area contributed by atoms with Gasteiger partial charge in [-0.15, -0.1) is 0 Å². The molecule has 0 amide bonds. The summed E-state index contributed by atoms with van der Waals surface area (Å²) in [4.78, 5) is 7.62. The lowest BCUT2D eigenvalue weighted by Crippen LogP contribution is -1.95. The summed E-state index contributed by atoms with van der Waals surface area (Å²) < 4.78 is 23.3. The van der Waals surface area contributed by atoms with E-state index in [9.17, 15) is 4.39 Å². The first kappa shape index (κ1) is 11.6. The lowest BCUT2D eigenvalue weighted by molar-refractivity contribution is 0.366. The van der Waals surface area contributed by atoms with E-state index in [0.29, 0.717) is 5.75 Å². The van der Waals surface area contributed by atoms with Crippen molar-refractivity contribution in [3.8, 4) is 17.4 Å². The molecule has 0 aliphatic heterocycles. The molecule has 0 saturated heterocycles. The fourth-order valence-corrected chi connectivity index (χ4v) is 1.43. The second-order valence-corrected chi connectivity index (χ2v) is 3.42. The second-order valence-electron chi connectivity index (χ2n) is 3.06. The Kier molecular flexibility index (Phi) is 3.39. The van der Waals surface area contributed by atoms with Crippen LogP contribution in [0.2, 0.25) is 5.15 Å². The smallest absolute Gasteiger partial charge is 0.267 e. The van der Waals surface area contributed by atoms with Crippen LogP contribution < -0.4 is 9.47 Å². The largest absolute Gasteiger partial charge is 0.489 e. The maximum Gasteiger partial charge on any atom is 0.267 e. The van der Waals surface area contributed by atoms with Gasteiger partial charge in [-0.05, 0) is 12.1 Å². The molecule has 0 radical (unpaired) electrons. The lowest BCUT2D eigenvalue weighted by Gasteiger charge is -2.09. The van der Waals surface area contributed by atoms with Crippen molar-refractivity contribution >= 4 is 11.6 Å². The molecule has 0 aliphatic carbocycles. The number of benzene rings is 1. The van der Waals surface area contributed by atoms with Crippen LogP contribution in [0.4, 0.5) is 4.39 Å². The second kappa shape index (κ2) is 4.97. The van der Waals surface area contributed by atoms with E-state index in [-0.39, 0.29) is 16.8 Å². The molecule has 2 rings (SSSR count). The summed E-state index contributed by atoms with van der Waals surface area (Å²) in [5, 5.41) is 0.133. The fourth-order valence-electron chi connectivity index (χ4n) is 1.22. The van der Waals surface area contributed by atoms with Crippen LogP contribution in [0.3, 0.4) is 0 Å². The van der Waals surface area contributed by atoms with Gasteiger partial charge in [0.05, 0.1) is 7.11 Å². The Balaban J connectivity index is 2.33. The van der Waals surface area contributed by atoms with E-state index in [1.54, 1.807) is 6.07 Å². The van der Waals surface area contributed by atoms with E-state index in [4.69, 9.17) is 21.1 Å². The van der Waals surface area contributed by atoms with Gasteiger partial charge in [0.1, 0.15) is 17.9 Å². The molecule has 0 saturated carbocycles. The van der Waals surface area contributed by atoms with Crippen LogP contribution in [0.1, 0.15) is 0 Å². The number of rotatable bonds is 3. The third-order valence-corrected chi connectivity index (χ3v) is 2.21. The first-order valence-electron chi connectivity index (χ1n) is 4.68. The van der Waals surface area contributed by atoms with Gasteiger partial charge in [0, 0.05) is 6.07 Å². The van der Waals surface area contributed by atoms with Gasteiger partial charge in [-0.3, -0.25) is 0 Å². The number of nitrogens with zero attached hydrogens (tertiary/aromatic N) is 2. The topological polar surface area (TPSA) is 44.2 Å². The zero-order valence-electron chi connectivity index (χ0n) is 8.85. The van der Waals surface area contributed by atoms with Crippen LogP contribution in [0.25, 0.3) is 0 Å². The van der Waals surface area contributed by atoms with Crippen LogP contribution in [0, 0.1) is 5.82 Å². The molecule has 6 heteroatoms. The number of aromatic nitrogens is 2. The van der Waals surface area contributed by atoms with Crippen LogP contribution >= 0.6 is 11.6 Å². The molecule has 0 aliphatic rings. The molecule has 17 heavy (non-hydrogen) atoms. The third-order valence-electron chi connectivity index (χ3n) is 1.94. The summed E-state index contributed by atoms with van der Waals surface area (Å²) in [6, 6.07) is 5.67. The van der Waals surface area contributed by atoms with Crippen molar-refractivity contribution in [1.82, 2.24) is 9.97 Å². The summed E-state index contributed by atoms with van der Waals surface area (Å²) >= 11 is 5.80. The van der Waals surface area contributed by atoms with Crippen LogP contribution in [0.15, 0.2) is 30.6 Å². The predicted molar refractivity (Wildman–Crippen MR) is 60.1 cm³/mol. The average molecular weight is 255 g/mol. The van der Waals surface area contributed by atoms with Crippen molar-refractivity contribution in [1.29, 1.82) is 0 Å². The number of hydrogen-bond acceptors (Lipinski definition) is 4. The molecule has 1 aromatic heterocycles. The van der Waals surface area contributed by atoms with Gasteiger partial charge in [0.2, 0.25) is 5.75 Å². The Hall–Kier alpha value is -1.88. The Bertz CT molecular complexity index is 537. The zero-order valence-corrected chi connectivity index (χ0v) is 9.61. The van der Waals surface area contributed by atoms with E-state index in [0.717, 1.165) is 0 Å². The summed E-state index contributed by atoms with van der Waals surface area (Å²) in [6.07, 6.45) is 1.24. The Labute approximate surface area is 102 Å². The molecule has 4 nitrogen and oxygen atoms in total. The highest BCUT2D eigenvalue weighted by Gasteiger charge is 2.12. The van der Waals surface area contributed by atoms with Crippen molar-refractivity contribution in [3.05, 3.63) is 41.6 Å². The van der Waals surface area contributed by atoms with Crippen molar-refractivity contribution in [3.63, 3.8) is 0 Å². The molecular weight excluding hydrogens is 247 g/mol. The van der Waals surface area contributed by atoms with Crippen molar-refractivity contribution in [2.75, 3.05) is 7.11 Å². The van der Waals surface area contributed by atoms with Gasteiger partial charge in [-0.2, -0.15) is 4.98 Å². The van der Waals surface area contributed by atoms with E-state index < -0.39 is 5.82 Å². The minimum absolute atomic E-state index is 0.133. The number of halogens is 2. The molecule has 0 N–H and O–H groups in total. The molecular formula is C11H8ClFN2O2. The highest BCUT2D eigenvalue weighted by molar-refractivity contribution is 6.31. The Morgan fingerprint density at radius 1 is 1.29 bits per heavy atom. The van der Waals surface area contributed by atoms with Crippen molar-refractivity contribution in [2.24, 2.45) is 0 Å². The van der Waals surface area contributed by atoms with Crippen molar-refractivity contribution < 1.29 is 13.9 Å². The molecule has 1 aromatic carbocycles. The van der Waals surface area contributed by atoms with Gasteiger partial charge in [0.25, 0.3) is 5.88 Å². The first-order chi connectivity index (χ1) is 8.20. The minimum atomic E-state index is -0.401. The van der Waals surface area contributed by atoms with Gasteiger partial charge >= 0.3 is 0 Å². The highest BCUT2D eigenvalue weighted by atomic mass is 35.5. The van der Waals surface area contributed by atoms with Crippen molar-refractivity contribution in [2.45, 2.75) is 0 Å². The van der Waals surface area contributed by atoms with Crippen LogP contribution in [0.5, 0.6) is 17.4 Å². The molecule has 2 aromatic rings. The molecule has 0 spiro atoms. The molecule has 0 bridgehead atoms. The van der Waals surface area contributed by atoms with Crippen LogP contribution in [-0.4, -0.2) is 17.1 Å². The summed E-state index contributed by atoms with van der Waals surface area (Å²) in [5.74, 6) is 0.246. The van der Waals surface area contributed by atoms with E-state index in [2.05, 4.69) is 9.97 Å². The van der Waals surface area contributed by atoms with E-state index in [1.165, 1.54) is 31.6 Å². The fraction of sp³-hybridized carbons (Fsp3) is 0.0909. The number of methoxy groups -OCH3 is 1. The molecule has 88 valence electrons. The van der Waals surface area contributed by atoms with E-state index >= 15 is 0 Å². The maximum absolute atomic E-state index is 13.0. The summed E-state index contributed by atoms with van der Waals surface area (Å²) in [6.45, 7) is 0. The molecule has 0 unspecified atom stereocenters. The van der Waals surface area contributed by atoms with Crippen LogP contribution in [-0.2, 0) is 0 Å². The normalized spacial score (nSPS) is 10.1. The number of ether oxygens (including phenoxy) is 2. The highest BCUT2D eigenvalue weighted by Crippen LogP contribution is 2.33. The SMILES string of the molecule is COc1c(Cl)ncnc1Oc1cccc(F)c1. The number of hydrogen-bond donors (Lipinski definition) is 0. The molecule has 1 heterocycles.